The van der Waals surface area contributed by atoms with Crippen LogP contribution in [0.2, 0.25) is 0 Å². The van der Waals surface area contributed by atoms with Gasteiger partial charge in [0.1, 0.15) is 12.1 Å². The first-order chi connectivity index (χ1) is 13.3. The van der Waals surface area contributed by atoms with E-state index in [1.807, 2.05) is 18.2 Å². The molecule has 1 aromatic heterocycles. The Kier molecular flexibility index (Phi) is 5.78. The summed E-state index contributed by atoms with van der Waals surface area (Å²) in [6.45, 7) is 6.92. The number of benzene rings is 2. The van der Waals surface area contributed by atoms with E-state index in [2.05, 4.69) is 43.3 Å². The van der Waals surface area contributed by atoms with E-state index in [1.54, 1.807) is 18.2 Å². The second-order valence-electron chi connectivity index (χ2n) is 7.70. The maximum atomic E-state index is 12.4. The first-order valence-corrected chi connectivity index (χ1v) is 9.34. The van der Waals surface area contributed by atoms with Crippen LogP contribution >= 0.6 is 0 Å². The number of nitrogens with one attached hydrogen (secondary N) is 1. The minimum absolute atomic E-state index is 0.103. The van der Waals surface area contributed by atoms with E-state index >= 15 is 0 Å². The summed E-state index contributed by atoms with van der Waals surface area (Å²) >= 11 is 0. The lowest BCUT2D eigenvalue weighted by atomic mass is 9.87. The van der Waals surface area contributed by atoms with Crippen LogP contribution in [0, 0.1) is 0 Å². The minimum Gasteiger partial charge on any atom is -0.494 e. The summed E-state index contributed by atoms with van der Waals surface area (Å²) in [6, 6.07) is 15.0. The van der Waals surface area contributed by atoms with Crippen molar-refractivity contribution >= 4 is 16.8 Å². The smallest absolute Gasteiger partial charge is 0.280 e. The molecule has 6 heteroatoms. The standard InChI is InChI=1S/C22H25N3O3/c1-22(2,3)16-10-12-17(13-11-16)28-14-6-9-20(26)24-25-15-23-19-8-5-4-7-18(19)21(25)27/h4-5,7-8,10-13,15H,6,9,14H2,1-3H3,(H,24,26). The van der Waals surface area contributed by atoms with Crippen molar-refractivity contribution in [2.24, 2.45) is 0 Å². The molecule has 3 aromatic rings. The summed E-state index contributed by atoms with van der Waals surface area (Å²) in [5, 5.41) is 0.465. The lowest BCUT2D eigenvalue weighted by Gasteiger charge is -2.19. The van der Waals surface area contributed by atoms with Crippen molar-refractivity contribution in [2.45, 2.75) is 39.0 Å². The van der Waals surface area contributed by atoms with E-state index in [0.29, 0.717) is 23.9 Å². The molecule has 0 aliphatic carbocycles. The fourth-order valence-electron chi connectivity index (χ4n) is 2.81. The van der Waals surface area contributed by atoms with Crippen LogP contribution in [0.3, 0.4) is 0 Å². The molecule has 3 rings (SSSR count). The highest BCUT2D eigenvalue weighted by Gasteiger charge is 2.13. The molecule has 0 atom stereocenters. The Balaban J connectivity index is 1.49. The van der Waals surface area contributed by atoms with Crippen LogP contribution in [-0.2, 0) is 10.2 Å². The second-order valence-corrected chi connectivity index (χ2v) is 7.70. The van der Waals surface area contributed by atoms with Crippen LogP contribution in [-0.4, -0.2) is 22.2 Å². The lowest BCUT2D eigenvalue weighted by Crippen LogP contribution is -2.33. The molecule has 0 saturated heterocycles. The molecule has 28 heavy (non-hydrogen) atoms. The number of aromatic nitrogens is 2. The SMILES string of the molecule is CC(C)(C)c1ccc(OCCCC(=O)Nn2cnc3ccccc3c2=O)cc1. The van der Waals surface area contributed by atoms with Gasteiger partial charge in [0.05, 0.1) is 17.5 Å². The van der Waals surface area contributed by atoms with Gasteiger partial charge in [-0.25, -0.2) is 9.66 Å². The van der Waals surface area contributed by atoms with Gasteiger partial charge in [0.2, 0.25) is 5.91 Å². The highest BCUT2D eigenvalue weighted by molar-refractivity contribution is 5.84. The summed E-state index contributed by atoms with van der Waals surface area (Å²) in [7, 11) is 0. The van der Waals surface area contributed by atoms with Gasteiger partial charge in [-0.1, -0.05) is 45.0 Å². The van der Waals surface area contributed by atoms with Crippen LogP contribution in [0.1, 0.15) is 39.2 Å². The molecule has 0 fully saturated rings. The van der Waals surface area contributed by atoms with Crippen molar-refractivity contribution in [1.29, 1.82) is 0 Å². The van der Waals surface area contributed by atoms with Gasteiger partial charge in [0, 0.05) is 6.42 Å². The average Bonchev–Trinajstić information content (AvgIpc) is 2.67. The third-order valence-electron chi connectivity index (χ3n) is 4.45. The Morgan fingerprint density at radius 2 is 1.82 bits per heavy atom. The molecule has 0 saturated carbocycles. The number of rotatable bonds is 6. The maximum absolute atomic E-state index is 12.4. The molecule has 146 valence electrons. The van der Waals surface area contributed by atoms with Crippen molar-refractivity contribution < 1.29 is 9.53 Å². The second kappa shape index (κ2) is 8.25. The van der Waals surface area contributed by atoms with Crippen LogP contribution in [0.15, 0.2) is 59.7 Å². The molecule has 0 aliphatic rings. The monoisotopic (exact) mass is 379 g/mol. The predicted octanol–water partition coefficient (Wildman–Crippen LogP) is 3.62. The Labute approximate surface area is 164 Å². The molecule has 1 heterocycles. The Hall–Kier alpha value is -3.15. The molecular weight excluding hydrogens is 354 g/mol. The van der Waals surface area contributed by atoms with Crippen LogP contribution in [0.5, 0.6) is 5.75 Å². The zero-order valence-electron chi connectivity index (χ0n) is 16.4. The maximum Gasteiger partial charge on any atom is 0.280 e. The fraction of sp³-hybridized carbons (Fsp3) is 0.318. The highest BCUT2D eigenvalue weighted by Crippen LogP contribution is 2.24. The number of para-hydroxylation sites is 1. The number of ether oxygens (including phenoxy) is 1. The van der Waals surface area contributed by atoms with Crippen LogP contribution in [0.4, 0.5) is 0 Å². The van der Waals surface area contributed by atoms with Gasteiger partial charge < -0.3 is 4.74 Å². The third-order valence-corrected chi connectivity index (χ3v) is 4.45. The number of amides is 1. The molecular formula is C22H25N3O3. The lowest BCUT2D eigenvalue weighted by molar-refractivity contribution is -0.117. The first kappa shape index (κ1) is 19.6. The number of hydrogen-bond donors (Lipinski definition) is 1. The number of carbonyl (C=O) groups excluding carboxylic acids is 1. The van der Waals surface area contributed by atoms with E-state index in [-0.39, 0.29) is 23.3 Å². The Morgan fingerprint density at radius 1 is 1.11 bits per heavy atom. The number of nitrogens with zero attached hydrogens (tertiary/aromatic N) is 2. The molecule has 0 unspecified atom stereocenters. The number of carbonyl (C=O) groups is 1. The van der Waals surface area contributed by atoms with Crippen molar-refractivity contribution in [3.05, 3.63) is 70.8 Å². The third kappa shape index (κ3) is 4.76. The van der Waals surface area contributed by atoms with E-state index in [1.165, 1.54) is 11.9 Å². The highest BCUT2D eigenvalue weighted by atomic mass is 16.5. The predicted molar refractivity (Wildman–Crippen MR) is 110 cm³/mol. The summed E-state index contributed by atoms with van der Waals surface area (Å²) in [6.07, 6.45) is 2.12. The van der Waals surface area contributed by atoms with Crippen molar-refractivity contribution in [3.63, 3.8) is 0 Å². The van der Waals surface area contributed by atoms with Gasteiger partial charge in [-0.2, -0.15) is 0 Å². The van der Waals surface area contributed by atoms with Gasteiger partial charge >= 0.3 is 0 Å². The summed E-state index contributed by atoms with van der Waals surface area (Å²) in [5.74, 6) is 0.522. The summed E-state index contributed by atoms with van der Waals surface area (Å²) in [5.41, 5.74) is 4.22. The van der Waals surface area contributed by atoms with Crippen molar-refractivity contribution in [2.75, 3.05) is 12.0 Å². The molecule has 1 N–H and O–H groups in total. The molecule has 1 amide bonds. The average molecular weight is 379 g/mol. The molecule has 6 nitrogen and oxygen atoms in total. The topological polar surface area (TPSA) is 73.2 Å². The Bertz CT molecular complexity index is 1020. The van der Waals surface area contributed by atoms with Crippen LogP contribution < -0.4 is 15.7 Å². The van der Waals surface area contributed by atoms with E-state index in [0.717, 1.165) is 10.4 Å². The quantitative estimate of drug-likeness (QED) is 0.664. The summed E-state index contributed by atoms with van der Waals surface area (Å²) in [4.78, 5) is 28.7. The molecule has 0 bridgehead atoms. The van der Waals surface area contributed by atoms with Gasteiger partial charge in [-0.3, -0.25) is 15.0 Å². The van der Waals surface area contributed by atoms with Gasteiger partial charge in [0.25, 0.3) is 5.56 Å². The van der Waals surface area contributed by atoms with E-state index in [4.69, 9.17) is 4.74 Å². The number of hydrogen-bond acceptors (Lipinski definition) is 4. The summed E-state index contributed by atoms with van der Waals surface area (Å²) < 4.78 is 6.82. The van der Waals surface area contributed by atoms with Crippen molar-refractivity contribution in [3.8, 4) is 5.75 Å². The Morgan fingerprint density at radius 3 is 2.54 bits per heavy atom. The zero-order valence-corrected chi connectivity index (χ0v) is 16.4. The molecule has 0 spiro atoms. The largest absolute Gasteiger partial charge is 0.494 e. The van der Waals surface area contributed by atoms with E-state index < -0.39 is 0 Å². The molecule has 2 aromatic carbocycles. The van der Waals surface area contributed by atoms with Crippen LogP contribution in [0.25, 0.3) is 10.9 Å². The molecule has 0 radical (unpaired) electrons. The van der Waals surface area contributed by atoms with Gasteiger partial charge in [-0.15, -0.1) is 0 Å². The van der Waals surface area contributed by atoms with Gasteiger partial charge in [0.15, 0.2) is 0 Å². The fourth-order valence-corrected chi connectivity index (χ4v) is 2.81. The first-order valence-electron chi connectivity index (χ1n) is 9.34. The number of fused-ring (bicyclic) bond motifs is 1. The van der Waals surface area contributed by atoms with E-state index in [9.17, 15) is 9.59 Å². The van der Waals surface area contributed by atoms with Gasteiger partial charge in [-0.05, 0) is 41.7 Å². The van der Waals surface area contributed by atoms with Crippen molar-refractivity contribution in [1.82, 2.24) is 9.66 Å². The normalized spacial score (nSPS) is 11.4. The molecule has 0 aliphatic heterocycles. The zero-order chi connectivity index (χ0) is 20.1. The minimum atomic E-state index is -0.297.